The van der Waals surface area contributed by atoms with Gasteiger partial charge >= 0.3 is 0 Å². The monoisotopic (exact) mass is 341 g/mol. The van der Waals surface area contributed by atoms with Crippen molar-refractivity contribution in [3.8, 4) is 0 Å². The molecule has 0 unspecified atom stereocenters. The van der Waals surface area contributed by atoms with Crippen LogP contribution in [0.1, 0.15) is 22.8 Å². The molecule has 0 aliphatic heterocycles. The summed E-state index contributed by atoms with van der Waals surface area (Å²) in [5.41, 5.74) is 2.53. The van der Waals surface area contributed by atoms with Gasteiger partial charge in [-0.3, -0.25) is 14.9 Å². The lowest BCUT2D eigenvalue weighted by atomic mass is 10.2. The SMILES string of the molecule is CCc1ccc2c(c1)sc(=NC(=O)c1ccc([N+](=O)[O-])cc1)n2C. The van der Waals surface area contributed by atoms with Crippen LogP contribution in [-0.4, -0.2) is 15.4 Å². The van der Waals surface area contributed by atoms with Crippen molar-refractivity contribution < 1.29 is 9.72 Å². The summed E-state index contributed by atoms with van der Waals surface area (Å²) in [5, 5.41) is 10.7. The fourth-order valence-electron chi connectivity index (χ4n) is 2.38. The minimum atomic E-state index is -0.497. The van der Waals surface area contributed by atoms with Crippen molar-refractivity contribution in [2.24, 2.45) is 12.0 Å². The molecule has 2 aromatic carbocycles. The zero-order valence-corrected chi connectivity index (χ0v) is 14.0. The van der Waals surface area contributed by atoms with Crippen LogP contribution in [0.4, 0.5) is 5.69 Å². The number of carbonyl (C=O) groups is 1. The quantitative estimate of drug-likeness (QED) is 0.541. The van der Waals surface area contributed by atoms with Crippen LogP contribution < -0.4 is 4.80 Å². The third-order valence-electron chi connectivity index (χ3n) is 3.80. The maximum Gasteiger partial charge on any atom is 0.279 e. The number of rotatable bonds is 3. The maximum absolute atomic E-state index is 12.3. The van der Waals surface area contributed by atoms with E-state index in [1.165, 1.54) is 41.2 Å². The van der Waals surface area contributed by atoms with Crippen LogP contribution in [0.25, 0.3) is 10.2 Å². The summed E-state index contributed by atoms with van der Waals surface area (Å²) in [6.07, 6.45) is 0.950. The van der Waals surface area contributed by atoms with Gasteiger partial charge in [-0.1, -0.05) is 24.3 Å². The molecule has 24 heavy (non-hydrogen) atoms. The molecule has 0 saturated carbocycles. The molecule has 7 heteroatoms. The van der Waals surface area contributed by atoms with Gasteiger partial charge in [0.15, 0.2) is 4.80 Å². The minimum absolute atomic E-state index is 0.0499. The smallest absolute Gasteiger partial charge is 0.279 e. The lowest BCUT2D eigenvalue weighted by molar-refractivity contribution is -0.384. The highest BCUT2D eigenvalue weighted by Gasteiger charge is 2.10. The summed E-state index contributed by atoms with van der Waals surface area (Å²) in [4.78, 5) is 27.2. The van der Waals surface area contributed by atoms with E-state index in [1.54, 1.807) is 0 Å². The molecule has 0 N–H and O–H groups in total. The number of aryl methyl sites for hydroxylation is 2. The number of hydrogen-bond acceptors (Lipinski definition) is 4. The molecule has 0 bridgehead atoms. The first-order chi connectivity index (χ1) is 11.5. The van der Waals surface area contributed by atoms with Crippen LogP contribution in [0, 0.1) is 10.1 Å². The molecule has 1 amide bonds. The van der Waals surface area contributed by atoms with Crippen LogP contribution in [0.15, 0.2) is 47.5 Å². The minimum Gasteiger partial charge on any atom is -0.319 e. The number of nitrogens with zero attached hydrogens (tertiary/aromatic N) is 3. The first-order valence-electron chi connectivity index (χ1n) is 7.41. The average Bonchev–Trinajstić information content (AvgIpc) is 2.90. The number of benzene rings is 2. The van der Waals surface area contributed by atoms with Gasteiger partial charge in [0.05, 0.1) is 15.1 Å². The number of nitro benzene ring substituents is 1. The molecule has 0 atom stereocenters. The zero-order valence-electron chi connectivity index (χ0n) is 13.2. The molecule has 0 saturated heterocycles. The molecular weight excluding hydrogens is 326 g/mol. The molecule has 1 heterocycles. The number of aromatic nitrogens is 1. The van der Waals surface area contributed by atoms with Gasteiger partial charge in [-0.05, 0) is 36.2 Å². The fourth-order valence-corrected chi connectivity index (χ4v) is 3.46. The number of non-ortho nitro benzene ring substituents is 1. The molecule has 0 fully saturated rings. The van der Waals surface area contributed by atoms with Crippen molar-refractivity contribution in [1.82, 2.24) is 4.57 Å². The van der Waals surface area contributed by atoms with Gasteiger partial charge in [0, 0.05) is 24.7 Å². The van der Waals surface area contributed by atoms with E-state index in [1.807, 2.05) is 17.7 Å². The zero-order chi connectivity index (χ0) is 17.3. The first kappa shape index (κ1) is 16.1. The topological polar surface area (TPSA) is 77.5 Å². The van der Waals surface area contributed by atoms with Crippen LogP contribution in [0.5, 0.6) is 0 Å². The normalized spacial score (nSPS) is 11.8. The van der Waals surface area contributed by atoms with Crippen LogP contribution in [0.3, 0.4) is 0 Å². The van der Waals surface area contributed by atoms with Crippen molar-refractivity contribution in [3.05, 3.63) is 68.5 Å². The van der Waals surface area contributed by atoms with Crippen molar-refractivity contribution >= 4 is 33.1 Å². The van der Waals surface area contributed by atoms with E-state index in [0.29, 0.717) is 10.4 Å². The number of hydrogen-bond donors (Lipinski definition) is 0. The second-order valence-corrected chi connectivity index (χ2v) is 6.33. The maximum atomic E-state index is 12.3. The molecule has 0 spiro atoms. The Morgan fingerprint density at radius 1 is 1.25 bits per heavy atom. The van der Waals surface area contributed by atoms with Gasteiger partial charge in [0.2, 0.25) is 0 Å². The molecule has 0 aliphatic carbocycles. The number of thiazole rings is 1. The molecule has 122 valence electrons. The molecule has 3 aromatic rings. The highest BCUT2D eigenvalue weighted by atomic mass is 32.1. The second-order valence-electron chi connectivity index (χ2n) is 5.32. The summed E-state index contributed by atoms with van der Waals surface area (Å²) in [7, 11) is 1.87. The Balaban J connectivity index is 2.01. The van der Waals surface area contributed by atoms with E-state index in [-0.39, 0.29) is 5.69 Å². The van der Waals surface area contributed by atoms with Crippen molar-refractivity contribution in [2.45, 2.75) is 13.3 Å². The van der Waals surface area contributed by atoms with Gasteiger partial charge in [-0.25, -0.2) is 0 Å². The van der Waals surface area contributed by atoms with E-state index >= 15 is 0 Å². The third kappa shape index (κ3) is 2.98. The third-order valence-corrected chi connectivity index (χ3v) is 4.90. The predicted octanol–water partition coefficient (Wildman–Crippen LogP) is 3.45. The van der Waals surface area contributed by atoms with Crippen LogP contribution >= 0.6 is 11.3 Å². The van der Waals surface area contributed by atoms with Crippen LogP contribution in [-0.2, 0) is 13.5 Å². The Labute approximate surface area is 141 Å². The molecule has 0 radical (unpaired) electrons. The van der Waals surface area contributed by atoms with E-state index in [4.69, 9.17) is 0 Å². The molecular formula is C17H15N3O3S. The molecule has 1 aromatic heterocycles. The van der Waals surface area contributed by atoms with Gasteiger partial charge in [-0.2, -0.15) is 4.99 Å². The highest BCUT2D eigenvalue weighted by Crippen LogP contribution is 2.19. The van der Waals surface area contributed by atoms with E-state index in [0.717, 1.165) is 16.6 Å². The Kier molecular flexibility index (Phi) is 4.26. The summed E-state index contributed by atoms with van der Waals surface area (Å²) < 4.78 is 2.95. The van der Waals surface area contributed by atoms with Crippen LogP contribution in [0.2, 0.25) is 0 Å². The largest absolute Gasteiger partial charge is 0.319 e. The fraction of sp³-hybridized carbons (Fsp3) is 0.176. The van der Waals surface area contributed by atoms with Crippen molar-refractivity contribution in [3.63, 3.8) is 0 Å². The summed E-state index contributed by atoms with van der Waals surface area (Å²) >= 11 is 1.45. The number of fused-ring (bicyclic) bond motifs is 1. The Bertz CT molecular complexity index is 1000. The standard InChI is InChI=1S/C17H15N3O3S/c1-3-11-4-9-14-15(10-11)24-17(19(14)2)18-16(21)12-5-7-13(8-6-12)20(22)23/h4-10H,3H2,1-2H3. The van der Waals surface area contributed by atoms with Gasteiger partial charge < -0.3 is 4.57 Å². The van der Waals surface area contributed by atoms with Gasteiger partial charge in [-0.15, -0.1) is 0 Å². The van der Waals surface area contributed by atoms with Crippen molar-refractivity contribution in [2.75, 3.05) is 0 Å². The highest BCUT2D eigenvalue weighted by molar-refractivity contribution is 7.16. The van der Waals surface area contributed by atoms with Gasteiger partial charge in [0.25, 0.3) is 11.6 Å². The van der Waals surface area contributed by atoms with E-state index in [2.05, 4.69) is 24.0 Å². The Morgan fingerprint density at radius 2 is 1.96 bits per heavy atom. The second kappa shape index (κ2) is 6.37. The molecule has 0 aliphatic rings. The van der Waals surface area contributed by atoms with Gasteiger partial charge in [0.1, 0.15) is 0 Å². The van der Waals surface area contributed by atoms with E-state index in [9.17, 15) is 14.9 Å². The Morgan fingerprint density at radius 3 is 2.58 bits per heavy atom. The average molecular weight is 341 g/mol. The van der Waals surface area contributed by atoms with E-state index < -0.39 is 10.8 Å². The first-order valence-corrected chi connectivity index (χ1v) is 8.23. The molecule has 3 rings (SSSR count). The number of amides is 1. The summed E-state index contributed by atoms with van der Waals surface area (Å²) in [6, 6.07) is 11.7. The number of nitro groups is 1. The summed E-state index contributed by atoms with van der Waals surface area (Å²) in [5.74, 6) is -0.414. The predicted molar refractivity (Wildman–Crippen MR) is 93.2 cm³/mol. The lowest BCUT2D eigenvalue weighted by Gasteiger charge is -1.98. The molecule has 6 nitrogen and oxygen atoms in total. The Hall–Kier alpha value is -2.80. The van der Waals surface area contributed by atoms with Crippen molar-refractivity contribution in [1.29, 1.82) is 0 Å². The summed E-state index contributed by atoms with van der Waals surface area (Å²) in [6.45, 7) is 2.10. The number of carbonyl (C=O) groups excluding carboxylic acids is 1. The lowest BCUT2D eigenvalue weighted by Crippen LogP contribution is -2.13.